The number of hydrogen-bond acceptors (Lipinski definition) is 5. The van der Waals surface area contributed by atoms with E-state index in [2.05, 4.69) is 14.9 Å². The third-order valence-corrected chi connectivity index (χ3v) is 4.47. The maximum Gasteiger partial charge on any atom is 0.187 e. The minimum Gasteiger partial charge on any atom is -0.367 e. The molecule has 1 aliphatic heterocycles. The van der Waals surface area contributed by atoms with Gasteiger partial charge in [-0.15, -0.1) is 0 Å². The summed E-state index contributed by atoms with van der Waals surface area (Å²) >= 11 is 1.52. The number of nitrogens with zero attached hydrogens (tertiary/aromatic N) is 4. The number of benzene rings is 1. The van der Waals surface area contributed by atoms with Gasteiger partial charge >= 0.3 is 0 Å². The first-order chi connectivity index (χ1) is 11.2. The molecule has 0 aliphatic carbocycles. The number of thioether (sulfide) groups is 1. The first-order valence-electron chi connectivity index (χ1n) is 7.43. The van der Waals surface area contributed by atoms with Crippen LogP contribution < -0.4 is 4.90 Å². The van der Waals surface area contributed by atoms with Gasteiger partial charge in [-0.2, -0.15) is 0 Å². The normalized spacial score (nSPS) is 15.9. The van der Waals surface area contributed by atoms with E-state index in [1.165, 1.54) is 23.9 Å². The molecule has 2 heterocycles. The van der Waals surface area contributed by atoms with E-state index in [0.717, 1.165) is 36.4 Å². The predicted molar refractivity (Wildman–Crippen MR) is 87.7 cm³/mol. The lowest BCUT2D eigenvalue weighted by Gasteiger charge is -2.36. The molecule has 0 unspecified atom stereocenters. The summed E-state index contributed by atoms with van der Waals surface area (Å²) in [7, 11) is 0. The number of halogens is 2. The minimum absolute atomic E-state index is 0.471. The smallest absolute Gasteiger partial charge is 0.187 e. The molecule has 0 saturated carbocycles. The van der Waals surface area contributed by atoms with Crippen LogP contribution in [0.4, 0.5) is 14.5 Å². The van der Waals surface area contributed by atoms with Crippen LogP contribution in [0.3, 0.4) is 0 Å². The quantitative estimate of drug-likeness (QED) is 0.633. The van der Waals surface area contributed by atoms with Gasteiger partial charge < -0.3 is 4.90 Å². The number of anilines is 1. The summed E-state index contributed by atoms with van der Waals surface area (Å²) < 4.78 is 26.8. The van der Waals surface area contributed by atoms with E-state index in [9.17, 15) is 8.78 Å². The lowest BCUT2D eigenvalue weighted by molar-refractivity contribution is 0.248. The third kappa shape index (κ3) is 3.97. The zero-order chi connectivity index (χ0) is 16.2. The van der Waals surface area contributed by atoms with Crippen LogP contribution >= 0.6 is 11.8 Å². The second kappa shape index (κ2) is 7.23. The minimum atomic E-state index is -0.543. The zero-order valence-corrected chi connectivity index (χ0v) is 13.7. The molecule has 0 spiro atoms. The lowest BCUT2D eigenvalue weighted by atomic mass is 10.2. The number of hydrogen-bond donors (Lipinski definition) is 0. The number of aromatic nitrogens is 2. The Morgan fingerprint density at radius 2 is 1.78 bits per heavy atom. The molecule has 1 aliphatic rings. The summed E-state index contributed by atoms with van der Waals surface area (Å²) in [5.41, 5.74) is 1.54. The fraction of sp³-hybridized carbons (Fsp3) is 0.375. The van der Waals surface area contributed by atoms with Crippen molar-refractivity contribution in [2.45, 2.75) is 11.7 Å². The summed E-state index contributed by atoms with van der Waals surface area (Å²) in [6.45, 7) is 3.86. The molecule has 7 heteroatoms. The average Bonchev–Trinajstić information content (AvgIpc) is 2.57. The predicted octanol–water partition coefficient (Wildman–Crippen LogP) is 2.80. The van der Waals surface area contributed by atoms with Gasteiger partial charge in [0.25, 0.3) is 0 Å². The van der Waals surface area contributed by atoms with Crippen LogP contribution in [-0.2, 0) is 6.54 Å². The van der Waals surface area contributed by atoms with Gasteiger partial charge in [0.1, 0.15) is 11.6 Å². The van der Waals surface area contributed by atoms with Gasteiger partial charge in [0, 0.05) is 56.7 Å². The average molecular weight is 336 g/mol. The molecule has 23 heavy (non-hydrogen) atoms. The van der Waals surface area contributed by atoms with Gasteiger partial charge in [-0.25, -0.2) is 18.7 Å². The van der Waals surface area contributed by atoms with Gasteiger partial charge in [0.05, 0.1) is 5.69 Å². The monoisotopic (exact) mass is 336 g/mol. The highest BCUT2D eigenvalue weighted by atomic mass is 32.2. The van der Waals surface area contributed by atoms with Crippen molar-refractivity contribution in [2.75, 3.05) is 37.3 Å². The molecule has 0 bridgehead atoms. The van der Waals surface area contributed by atoms with Gasteiger partial charge in [0.2, 0.25) is 0 Å². The summed E-state index contributed by atoms with van der Waals surface area (Å²) in [5.74, 6) is -1.04. The Kier molecular flexibility index (Phi) is 5.07. The van der Waals surface area contributed by atoms with Gasteiger partial charge in [-0.05, 0) is 18.4 Å². The highest BCUT2D eigenvalue weighted by Crippen LogP contribution is 2.22. The van der Waals surface area contributed by atoms with Crippen LogP contribution in [0.25, 0.3) is 0 Å². The second-order valence-corrected chi connectivity index (χ2v) is 6.21. The van der Waals surface area contributed by atoms with Crippen molar-refractivity contribution in [1.82, 2.24) is 14.9 Å². The highest BCUT2D eigenvalue weighted by Gasteiger charge is 2.20. The van der Waals surface area contributed by atoms with Crippen molar-refractivity contribution in [2.24, 2.45) is 0 Å². The molecule has 3 rings (SSSR count). The molecular weight excluding hydrogens is 318 g/mol. The molecule has 0 atom stereocenters. The number of rotatable bonds is 4. The van der Waals surface area contributed by atoms with Crippen LogP contribution in [0.15, 0.2) is 35.7 Å². The molecule has 122 valence electrons. The Morgan fingerprint density at radius 3 is 2.39 bits per heavy atom. The standard InChI is InChI=1S/C16H18F2N4S/c1-23-16-19-9-12(10-20-16)11-21-4-6-22(7-5-21)15-3-2-13(17)8-14(15)18/h2-3,8-10H,4-7,11H2,1H3. The SMILES string of the molecule is CSc1ncc(CN2CCN(c3ccc(F)cc3F)CC2)cn1. The second-order valence-electron chi connectivity index (χ2n) is 5.44. The summed E-state index contributed by atoms with van der Waals surface area (Å²) in [4.78, 5) is 12.8. The summed E-state index contributed by atoms with van der Waals surface area (Å²) in [6.07, 6.45) is 5.65. The van der Waals surface area contributed by atoms with E-state index in [4.69, 9.17) is 0 Å². The maximum absolute atomic E-state index is 13.8. The van der Waals surface area contributed by atoms with Crippen LogP contribution in [-0.4, -0.2) is 47.3 Å². The molecule has 2 aromatic rings. The van der Waals surface area contributed by atoms with Gasteiger partial charge in [0.15, 0.2) is 5.16 Å². The van der Waals surface area contributed by atoms with Gasteiger partial charge in [-0.3, -0.25) is 4.90 Å². The van der Waals surface area contributed by atoms with E-state index < -0.39 is 11.6 Å². The Balaban J connectivity index is 1.57. The van der Waals surface area contributed by atoms with E-state index >= 15 is 0 Å². The fourth-order valence-corrected chi connectivity index (χ4v) is 2.99. The topological polar surface area (TPSA) is 32.3 Å². The molecule has 1 aromatic heterocycles. The van der Waals surface area contributed by atoms with Crippen molar-refractivity contribution in [1.29, 1.82) is 0 Å². The van der Waals surface area contributed by atoms with Crippen LogP contribution in [0, 0.1) is 11.6 Å². The van der Waals surface area contributed by atoms with Crippen LogP contribution in [0.5, 0.6) is 0 Å². The molecular formula is C16H18F2N4S. The van der Waals surface area contributed by atoms with Crippen LogP contribution in [0.1, 0.15) is 5.56 Å². The van der Waals surface area contributed by atoms with Crippen molar-refractivity contribution >= 4 is 17.4 Å². The van der Waals surface area contributed by atoms with Crippen molar-refractivity contribution in [3.05, 3.63) is 47.8 Å². The van der Waals surface area contributed by atoms with E-state index in [0.29, 0.717) is 18.8 Å². The first kappa shape index (κ1) is 16.1. The summed E-state index contributed by atoms with van der Waals surface area (Å²) in [5, 5.41) is 0.769. The Labute approximate surface area is 138 Å². The number of piperazine rings is 1. The highest BCUT2D eigenvalue weighted by molar-refractivity contribution is 7.98. The molecule has 1 saturated heterocycles. The van der Waals surface area contributed by atoms with Crippen molar-refractivity contribution < 1.29 is 8.78 Å². The van der Waals surface area contributed by atoms with Crippen molar-refractivity contribution in [3.8, 4) is 0 Å². The maximum atomic E-state index is 13.8. The zero-order valence-electron chi connectivity index (χ0n) is 12.9. The van der Waals surface area contributed by atoms with Gasteiger partial charge in [-0.1, -0.05) is 11.8 Å². The molecule has 0 N–H and O–H groups in total. The van der Waals surface area contributed by atoms with E-state index in [-0.39, 0.29) is 0 Å². The molecule has 0 amide bonds. The van der Waals surface area contributed by atoms with E-state index in [1.807, 2.05) is 23.5 Å². The first-order valence-corrected chi connectivity index (χ1v) is 8.65. The lowest BCUT2D eigenvalue weighted by Crippen LogP contribution is -2.46. The van der Waals surface area contributed by atoms with Crippen LogP contribution in [0.2, 0.25) is 0 Å². The molecule has 1 fully saturated rings. The third-order valence-electron chi connectivity index (χ3n) is 3.89. The summed E-state index contributed by atoms with van der Waals surface area (Å²) in [6, 6.07) is 3.75. The Bertz CT molecular complexity index is 658. The Hall–Kier alpha value is -1.73. The molecule has 4 nitrogen and oxygen atoms in total. The van der Waals surface area contributed by atoms with E-state index in [1.54, 1.807) is 0 Å². The molecule has 0 radical (unpaired) electrons. The Morgan fingerprint density at radius 1 is 1.09 bits per heavy atom. The molecule has 1 aromatic carbocycles. The van der Waals surface area contributed by atoms with Crippen molar-refractivity contribution in [3.63, 3.8) is 0 Å². The fourth-order valence-electron chi connectivity index (χ4n) is 2.67. The largest absolute Gasteiger partial charge is 0.367 e.